The van der Waals surface area contributed by atoms with E-state index in [0.29, 0.717) is 11.4 Å². The van der Waals surface area contributed by atoms with Crippen molar-refractivity contribution in [3.63, 3.8) is 0 Å². The first kappa shape index (κ1) is 13.5. The molecule has 3 heteroatoms. The maximum absolute atomic E-state index is 13.2. The van der Waals surface area contributed by atoms with E-state index in [0.717, 1.165) is 18.7 Å². The SMILES string of the molecule is Cc1cc(C(C)(C)CNCCCl)ccc1F. The number of halogens is 2. The van der Waals surface area contributed by atoms with Crippen molar-refractivity contribution in [2.45, 2.75) is 26.2 Å². The predicted molar refractivity (Wildman–Crippen MR) is 67.8 cm³/mol. The van der Waals surface area contributed by atoms with E-state index in [1.165, 1.54) is 6.07 Å². The number of benzene rings is 1. The highest BCUT2D eigenvalue weighted by Crippen LogP contribution is 2.24. The maximum Gasteiger partial charge on any atom is 0.126 e. The van der Waals surface area contributed by atoms with E-state index in [1.54, 1.807) is 6.92 Å². The van der Waals surface area contributed by atoms with Crippen LogP contribution < -0.4 is 5.32 Å². The Hall–Kier alpha value is -0.600. The molecule has 0 spiro atoms. The van der Waals surface area contributed by atoms with Gasteiger partial charge in [0.05, 0.1) is 0 Å². The van der Waals surface area contributed by atoms with E-state index < -0.39 is 0 Å². The first-order valence-electron chi connectivity index (χ1n) is 5.50. The molecule has 0 bridgehead atoms. The summed E-state index contributed by atoms with van der Waals surface area (Å²) in [5.74, 6) is 0.465. The molecule has 1 N–H and O–H groups in total. The molecule has 0 radical (unpaired) electrons. The molecule has 1 aromatic carbocycles. The van der Waals surface area contributed by atoms with Crippen molar-refractivity contribution in [2.75, 3.05) is 19.0 Å². The Morgan fingerprint density at radius 3 is 2.62 bits per heavy atom. The van der Waals surface area contributed by atoms with Crippen molar-refractivity contribution < 1.29 is 4.39 Å². The second-order valence-corrected chi connectivity index (χ2v) is 5.09. The van der Waals surface area contributed by atoms with Gasteiger partial charge in [-0.25, -0.2) is 4.39 Å². The number of aryl methyl sites for hydroxylation is 1. The quantitative estimate of drug-likeness (QED) is 0.619. The van der Waals surface area contributed by atoms with Gasteiger partial charge in [-0.2, -0.15) is 0 Å². The highest BCUT2D eigenvalue weighted by molar-refractivity contribution is 6.18. The van der Waals surface area contributed by atoms with Crippen LogP contribution in [0.1, 0.15) is 25.0 Å². The van der Waals surface area contributed by atoms with Crippen molar-refractivity contribution in [1.29, 1.82) is 0 Å². The van der Waals surface area contributed by atoms with Gasteiger partial charge in [0, 0.05) is 24.4 Å². The van der Waals surface area contributed by atoms with Crippen molar-refractivity contribution in [3.05, 3.63) is 35.1 Å². The molecule has 0 unspecified atom stereocenters. The summed E-state index contributed by atoms with van der Waals surface area (Å²) in [5.41, 5.74) is 1.83. The Balaban J connectivity index is 2.76. The Morgan fingerprint density at radius 1 is 1.38 bits per heavy atom. The van der Waals surface area contributed by atoms with E-state index in [4.69, 9.17) is 11.6 Å². The lowest BCUT2D eigenvalue weighted by atomic mass is 9.84. The van der Waals surface area contributed by atoms with Gasteiger partial charge in [0.15, 0.2) is 0 Å². The van der Waals surface area contributed by atoms with E-state index in [-0.39, 0.29) is 11.2 Å². The number of hydrogen-bond donors (Lipinski definition) is 1. The zero-order valence-electron chi connectivity index (χ0n) is 10.1. The van der Waals surface area contributed by atoms with E-state index in [9.17, 15) is 4.39 Å². The van der Waals surface area contributed by atoms with Gasteiger partial charge >= 0.3 is 0 Å². The van der Waals surface area contributed by atoms with Crippen molar-refractivity contribution in [1.82, 2.24) is 5.32 Å². The van der Waals surface area contributed by atoms with Gasteiger partial charge in [0.1, 0.15) is 5.82 Å². The standard InChI is InChI=1S/C13H19ClFN/c1-10-8-11(4-5-12(10)15)13(2,3)9-16-7-6-14/h4-5,8,16H,6-7,9H2,1-3H3. The van der Waals surface area contributed by atoms with Crippen LogP contribution in [0.4, 0.5) is 4.39 Å². The summed E-state index contributed by atoms with van der Waals surface area (Å²) in [6.07, 6.45) is 0. The second kappa shape index (κ2) is 5.65. The molecule has 0 aliphatic rings. The normalized spacial score (nSPS) is 11.8. The third-order valence-corrected chi connectivity index (χ3v) is 2.97. The molecule has 1 nitrogen and oxygen atoms in total. The van der Waals surface area contributed by atoms with Gasteiger partial charge in [-0.3, -0.25) is 0 Å². The van der Waals surface area contributed by atoms with E-state index >= 15 is 0 Å². The molecule has 0 aromatic heterocycles. The monoisotopic (exact) mass is 243 g/mol. The number of alkyl halides is 1. The van der Waals surface area contributed by atoms with Crippen molar-refractivity contribution >= 4 is 11.6 Å². The Kier molecular flexibility index (Phi) is 4.75. The van der Waals surface area contributed by atoms with Crippen molar-refractivity contribution in [3.8, 4) is 0 Å². The van der Waals surface area contributed by atoms with E-state index in [2.05, 4.69) is 19.2 Å². The van der Waals surface area contributed by atoms with Crippen LogP contribution in [0.15, 0.2) is 18.2 Å². The molecule has 0 atom stereocenters. The van der Waals surface area contributed by atoms with Crippen LogP contribution in [0.3, 0.4) is 0 Å². The van der Waals surface area contributed by atoms with Crippen LogP contribution in [0.2, 0.25) is 0 Å². The van der Waals surface area contributed by atoms with Crippen LogP contribution in [-0.2, 0) is 5.41 Å². The summed E-state index contributed by atoms with van der Waals surface area (Å²) < 4.78 is 13.2. The summed E-state index contributed by atoms with van der Waals surface area (Å²) in [6.45, 7) is 7.71. The summed E-state index contributed by atoms with van der Waals surface area (Å²) in [6, 6.07) is 5.30. The summed E-state index contributed by atoms with van der Waals surface area (Å²) in [4.78, 5) is 0. The Bertz CT molecular complexity index is 350. The third kappa shape index (κ3) is 3.46. The van der Waals surface area contributed by atoms with Gasteiger partial charge in [-0.15, -0.1) is 11.6 Å². The topological polar surface area (TPSA) is 12.0 Å². The highest BCUT2D eigenvalue weighted by Gasteiger charge is 2.20. The molecule has 0 aliphatic heterocycles. The fourth-order valence-electron chi connectivity index (χ4n) is 1.64. The minimum absolute atomic E-state index is 0.00941. The molecule has 90 valence electrons. The van der Waals surface area contributed by atoms with E-state index in [1.807, 2.05) is 12.1 Å². The molecular formula is C13H19ClFN. The zero-order chi connectivity index (χ0) is 12.2. The molecule has 0 saturated heterocycles. The minimum Gasteiger partial charge on any atom is -0.315 e. The smallest absolute Gasteiger partial charge is 0.126 e. The molecular weight excluding hydrogens is 225 g/mol. The molecule has 0 fully saturated rings. The Morgan fingerprint density at radius 2 is 2.06 bits per heavy atom. The first-order chi connectivity index (χ1) is 7.47. The van der Waals surface area contributed by atoms with Gasteiger partial charge in [0.2, 0.25) is 0 Å². The number of rotatable bonds is 5. The molecule has 0 amide bonds. The number of hydrogen-bond acceptors (Lipinski definition) is 1. The van der Waals surface area contributed by atoms with Crippen LogP contribution in [-0.4, -0.2) is 19.0 Å². The predicted octanol–water partition coefficient (Wildman–Crippen LogP) is 3.24. The summed E-state index contributed by atoms with van der Waals surface area (Å²) in [5, 5.41) is 3.28. The highest BCUT2D eigenvalue weighted by atomic mass is 35.5. The fourth-order valence-corrected chi connectivity index (χ4v) is 1.77. The summed E-state index contributed by atoms with van der Waals surface area (Å²) >= 11 is 5.61. The average Bonchev–Trinajstić information content (AvgIpc) is 2.22. The molecule has 1 rings (SSSR count). The lowest BCUT2D eigenvalue weighted by molar-refractivity contribution is 0.476. The molecule has 1 aromatic rings. The van der Waals surface area contributed by atoms with Gasteiger partial charge in [0.25, 0.3) is 0 Å². The zero-order valence-corrected chi connectivity index (χ0v) is 10.9. The lowest BCUT2D eigenvalue weighted by Crippen LogP contribution is -2.34. The fraction of sp³-hybridized carbons (Fsp3) is 0.538. The van der Waals surface area contributed by atoms with Crippen LogP contribution in [0.25, 0.3) is 0 Å². The molecule has 0 saturated carbocycles. The molecule has 0 aliphatic carbocycles. The third-order valence-electron chi connectivity index (χ3n) is 2.78. The first-order valence-corrected chi connectivity index (χ1v) is 6.04. The minimum atomic E-state index is -0.145. The van der Waals surface area contributed by atoms with Crippen LogP contribution in [0, 0.1) is 12.7 Å². The van der Waals surface area contributed by atoms with Gasteiger partial charge in [-0.05, 0) is 24.1 Å². The van der Waals surface area contributed by atoms with Crippen LogP contribution in [0.5, 0.6) is 0 Å². The average molecular weight is 244 g/mol. The van der Waals surface area contributed by atoms with Crippen LogP contribution >= 0.6 is 11.6 Å². The molecule has 16 heavy (non-hydrogen) atoms. The van der Waals surface area contributed by atoms with Gasteiger partial charge in [-0.1, -0.05) is 26.0 Å². The van der Waals surface area contributed by atoms with Gasteiger partial charge < -0.3 is 5.32 Å². The lowest BCUT2D eigenvalue weighted by Gasteiger charge is -2.26. The maximum atomic E-state index is 13.2. The Labute approximate surface area is 102 Å². The molecule has 0 heterocycles. The second-order valence-electron chi connectivity index (χ2n) is 4.71. The number of nitrogens with one attached hydrogen (secondary N) is 1. The summed E-state index contributed by atoms with van der Waals surface area (Å²) in [7, 11) is 0. The largest absolute Gasteiger partial charge is 0.315 e. The van der Waals surface area contributed by atoms with Crippen molar-refractivity contribution in [2.24, 2.45) is 0 Å².